The summed E-state index contributed by atoms with van der Waals surface area (Å²) in [5.41, 5.74) is 2.64. The molecular formula is C13H15ClN2. The van der Waals surface area contributed by atoms with Gasteiger partial charge in [-0.25, -0.2) is 4.98 Å². The molecule has 16 heavy (non-hydrogen) atoms. The lowest BCUT2D eigenvalue weighted by Gasteiger charge is -2.25. The third-order valence-electron chi connectivity index (χ3n) is 3.70. The Balaban J connectivity index is 1.83. The molecule has 2 atom stereocenters. The molecule has 1 N–H and O–H groups in total. The Bertz CT molecular complexity index is 410. The van der Waals surface area contributed by atoms with E-state index < -0.39 is 0 Å². The standard InChI is InChI=1S/C13H15ClN2/c14-13-4-3-11(8-16-13)10-2-1-9-5-6-15-12(9)7-10/h2-4,8-9,12,15H,1,5-7H2/t9-,12-/m0/s1. The first-order valence-electron chi connectivity index (χ1n) is 5.87. The fraction of sp³-hybridized carbons (Fsp3) is 0.462. The maximum atomic E-state index is 5.80. The summed E-state index contributed by atoms with van der Waals surface area (Å²) < 4.78 is 0. The van der Waals surface area contributed by atoms with Crippen LogP contribution in [0.2, 0.25) is 5.15 Å². The molecule has 1 fully saturated rings. The summed E-state index contributed by atoms with van der Waals surface area (Å²) >= 11 is 5.80. The minimum atomic E-state index is 0.567. The highest BCUT2D eigenvalue weighted by Crippen LogP contribution is 2.34. The van der Waals surface area contributed by atoms with Gasteiger partial charge in [0.05, 0.1) is 0 Å². The van der Waals surface area contributed by atoms with Gasteiger partial charge in [-0.1, -0.05) is 23.7 Å². The number of hydrogen-bond donors (Lipinski definition) is 1. The third-order valence-corrected chi connectivity index (χ3v) is 3.92. The third kappa shape index (κ3) is 1.87. The van der Waals surface area contributed by atoms with Crippen LogP contribution in [-0.4, -0.2) is 17.6 Å². The van der Waals surface area contributed by atoms with E-state index in [4.69, 9.17) is 11.6 Å². The molecule has 2 aliphatic rings. The Hall–Kier alpha value is -0.860. The molecule has 0 bridgehead atoms. The molecule has 2 nitrogen and oxygen atoms in total. The topological polar surface area (TPSA) is 24.9 Å². The van der Waals surface area contributed by atoms with Crippen molar-refractivity contribution in [1.29, 1.82) is 0 Å². The van der Waals surface area contributed by atoms with E-state index in [-0.39, 0.29) is 0 Å². The zero-order chi connectivity index (χ0) is 11.0. The van der Waals surface area contributed by atoms with Crippen LogP contribution in [0.1, 0.15) is 24.8 Å². The van der Waals surface area contributed by atoms with E-state index in [1.807, 2.05) is 12.3 Å². The summed E-state index contributed by atoms with van der Waals surface area (Å²) in [6.07, 6.45) is 7.92. The van der Waals surface area contributed by atoms with Gasteiger partial charge in [0.1, 0.15) is 5.15 Å². The minimum absolute atomic E-state index is 0.567. The van der Waals surface area contributed by atoms with Crippen molar-refractivity contribution in [2.24, 2.45) is 5.92 Å². The Morgan fingerprint density at radius 2 is 2.31 bits per heavy atom. The molecule has 3 heteroatoms. The lowest BCUT2D eigenvalue weighted by Crippen LogP contribution is -2.29. The smallest absolute Gasteiger partial charge is 0.129 e. The zero-order valence-electron chi connectivity index (χ0n) is 9.12. The van der Waals surface area contributed by atoms with Crippen molar-refractivity contribution in [2.75, 3.05) is 6.54 Å². The average molecular weight is 235 g/mol. The van der Waals surface area contributed by atoms with Gasteiger partial charge in [-0.15, -0.1) is 0 Å². The maximum Gasteiger partial charge on any atom is 0.129 e. The second kappa shape index (κ2) is 4.19. The minimum Gasteiger partial charge on any atom is -0.313 e. The molecule has 2 heterocycles. The summed E-state index contributed by atoms with van der Waals surface area (Å²) in [7, 11) is 0. The number of halogens is 1. The molecule has 0 radical (unpaired) electrons. The van der Waals surface area contributed by atoms with Crippen LogP contribution in [0.15, 0.2) is 24.4 Å². The number of hydrogen-bond acceptors (Lipinski definition) is 2. The zero-order valence-corrected chi connectivity index (χ0v) is 9.87. The average Bonchev–Trinajstić information content (AvgIpc) is 2.77. The van der Waals surface area contributed by atoms with Crippen molar-refractivity contribution in [3.8, 4) is 0 Å². The van der Waals surface area contributed by atoms with Crippen LogP contribution in [-0.2, 0) is 0 Å². The highest BCUT2D eigenvalue weighted by Gasteiger charge is 2.29. The number of rotatable bonds is 1. The maximum absolute atomic E-state index is 5.80. The number of pyridine rings is 1. The van der Waals surface area contributed by atoms with Crippen LogP contribution in [0.4, 0.5) is 0 Å². The molecule has 0 spiro atoms. The van der Waals surface area contributed by atoms with Gasteiger partial charge in [0.2, 0.25) is 0 Å². The SMILES string of the molecule is Clc1ccc(C2=CC[C@H]3CCN[C@H]3C2)cn1. The van der Waals surface area contributed by atoms with Crippen LogP contribution in [0.3, 0.4) is 0 Å². The number of fused-ring (bicyclic) bond motifs is 1. The highest BCUT2D eigenvalue weighted by molar-refractivity contribution is 6.29. The van der Waals surface area contributed by atoms with E-state index in [0.29, 0.717) is 11.2 Å². The van der Waals surface area contributed by atoms with Crippen LogP contribution < -0.4 is 5.32 Å². The van der Waals surface area contributed by atoms with Gasteiger partial charge in [0.15, 0.2) is 0 Å². The Morgan fingerprint density at radius 3 is 3.12 bits per heavy atom. The van der Waals surface area contributed by atoms with Crippen molar-refractivity contribution in [2.45, 2.75) is 25.3 Å². The van der Waals surface area contributed by atoms with Gasteiger partial charge >= 0.3 is 0 Å². The van der Waals surface area contributed by atoms with Gasteiger partial charge in [-0.2, -0.15) is 0 Å². The molecule has 0 saturated carbocycles. The first-order chi connectivity index (χ1) is 7.83. The second-order valence-corrected chi connectivity index (χ2v) is 5.04. The molecule has 1 aliphatic carbocycles. The lowest BCUT2D eigenvalue weighted by molar-refractivity contribution is 0.445. The molecule has 84 valence electrons. The van der Waals surface area contributed by atoms with Crippen molar-refractivity contribution in [3.05, 3.63) is 35.1 Å². The Morgan fingerprint density at radius 1 is 1.38 bits per heavy atom. The number of nitrogens with zero attached hydrogens (tertiary/aromatic N) is 1. The quantitative estimate of drug-likeness (QED) is 0.756. The lowest BCUT2D eigenvalue weighted by atomic mass is 9.84. The van der Waals surface area contributed by atoms with Crippen LogP contribution in [0.5, 0.6) is 0 Å². The Kier molecular flexibility index (Phi) is 2.70. The molecular weight excluding hydrogens is 220 g/mol. The molecule has 1 aromatic heterocycles. The number of aromatic nitrogens is 1. The van der Waals surface area contributed by atoms with E-state index in [2.05, 4.69) is 22.4 Å². The highest BCUT2D eigenvalue weighted by atomic mass is 35.5. The normalized spacial score (nSPS) is 28.7. The first-order valence-corrected chi connectivity index (χ1v) is 6.25. The summed E-state index contributed by atoms with van der Waals surface area (Å²) in [5, 5.41) is 4.15. The largest absolute Gasteiger partial charge is 0.313 e. The van der Waals surface area contributed by atoms with Crippen LogP contribution in [0.25, 0.3) is 5.57 Å². The summed E-state index contributed by atoms with van der Waals surface area (Å²) in [4.78, 5) is 4.14. The Labute approximate surface area is 101 Å². The molecule has 0 aromatic carbocycles. The predicted molar refractivity (Wildman–Crippen MR) is 66.4 cm³/mol. The van der Waals surface area contributed by atoms with Gasteiger partial charge in [-0.05, 0) is 48.9 Å². The van der Waals surface area contributed by atoms with Crippen molar-refractivity contribution in [3.63, 3.8) is 0 Å². The van der Waals surface area contributed by atoms with Gasteiger partial charge in [0.25, 0.3) is 0 Å². The molecule has 1 aromatic rings. The van der Waals surface area contributed by atoms with E-state index in [0.717, 1.165) is 12.3 Å². The van der Waals surface area contributed by atoms with Gasteiger partial charge < -0.3 is 5.32 Å². The molecule has 3 rings (SSSR count). The van der Waals surface area contributed by atoms with Crippen molar-refractivity contribution < 1.29 is 0 Å². The first kappa shape index (κ1) is 10.3. The molecule has 0 amide bonds. The summed E-state index contributed by atoms with van der Waals surface area (Å²) in [5.74, 6) is 0.851. The molecule has 0 unspecified atom stereocenters. The molecule has 1 aliphatic heterocycles. The van der Waals surface area contributed by atoms with Crippen molar-refractivity contribution in [1.82, 2.24) is 10.3 Å². The summed E-state index contributed by atoms with van der Waals surface area (Å²) in [6, 6.07) is 4.61. The molecule has 1 saturated heterocycles. The predicted octanol–water partition coefficient (Wildman–Crippen LogP) is 2.89. The van der Waals surface area contributed by atoms with Gasteiger partial charge in [-0.3, -0.25) is 0 Å². The fourth-order valence-electron chi connectivity index (χ4n) is 2.76. The van der Waals surface area contributed by atoms with E-state index >= 15 is 0 Å². The fourth-order valence-corrected chi connectivity index (χ4v) is 2.87. The second-order valence-electron chi connectivity index (χ2n) is 4.65. The van der Waals surface area contributed by atoms with Gasteiger partial charge in [0, 0.05) is 12.2 Å². The number of nitrogens with one attached hydrogen (secondary N) is 1. The van der Waals surface area contributed by atoms with E-state index in [1.165, 1.54) is 30.5 Å². The van der Waals surface area contributed by atoms with Crippen LogP contribution in [0, 0.1) is 5.92 Å². The van der Waals surface area contributed by atoms with Crippen molar-refractivity contribution >= 4 is 17.2 Å². The summed E-state index contributed by atoms with van der Waals surface area (Å²) in [6.45, 7) is 1.18. The van der Waals surface area contributed by atoms with Crippen LogP contribution >= 0.6 is 11.6 Å². The number of allylic oxidation sites excluding steroid dienone is 1. The van der Waals surface area contributed by atoms with E-state index in [1.54, 1.807) is 0 Å². The van der Waals surface area contributed by atoms with E-state index in [9.17, 15) is 0 Å². The monoisotopic (exact) mass is 234 g/mol.